The summed E-state index contributed by atoms with van der Waals surface area (Å²) < 4.78 is 10.2. The number of hydrogen-bond donors (Lipinski definition) is 1. The molecule has 6 heteroatoms. The van der Waals surface area contributed by atoms with Crippen LogP contribution in [0, 0.1) is 5.92 Å². The predicted molar refractivity (Wildman–Crippen MR) is 87.8 cm³/mol. The van der Waals surface area contributed by atoms with E-state index in [2.05, 4.69) is 10.3 Å². The summed E-state index contributed by atoms with van der Waals surface area (Å²) in [5.74, 6) is 0.281. The van der Waals surface area contributed by atoms with Gasteiger partial charge in [-0.2, -0.15) is 0 Å². The van der Waals surface area contributed by atoms with Crippen molar-refractivity contribution in [2.45, 2.75) is 19.3 Å². The Labute approximate surface area is 139 Å². The SMILES string of the molecule is CCOC(=O)Nc1ccc(OC(=O)[C@H]2C[C@H]2c2cccnc2)cc1. The van der Waals surface area contributed by atoms with E-state index in [1.165, 1.54) is 0 Å². The standard InChI is InChI=1S/C18H18N2O4/c1-2-23-18(22)20-13-5-7-14(8-6-13)24-17(21)16-10-15(16)12-4-3-9-19-11-12/h3-9,11,15-16H,2,10H2,1H3,(H,20,22)/t15-,16-/m0/s1. The first kappa shape index (κ1) is 16.0. The molecular weight excluding hydrogens is 308 g/mol. The van der Waals surface area contributed by atoms with Crippen molar-refractivity contribution in [3.8, 4) is 5.75 Å². The summed E-state index contributed by atoms with van der Waals surface area (Å²) in [6.45, 7) is 2.04. The first-order chi connectivity index (χ1) is 11.7. The van der Waals surface area contributed by atoms with E-state index in [1.807, 2.05) is 12.1 Å². The van der Waals surface area contributed by atoms with E-state index in [1.54, 1.807) is 43.6 Å². The zero-order valence-electron chi connectivity index (χ0n) is 13.3. The maximum Gasteiger partial charge on any atom is 0.411 e. The third-order valence-corrected chi connectivity index (χ3v) is 3.80. The lowest BCUT2D eigenvalue weighted by molar-refractivity contribution is -0.135. The Hall–Kier alpha value is -2.89. The molecule has 1 aromatic heterocycles. The van der Waals surface area contributed by atoms with Gasteiger partial charge in [-0.1, -0.05) is 6.07 Å². The summed E-state index contributed by atoms with van der Waals surface area (Å²) >= 11 is 0. The van der Waals surface area contributed by atoms with E-state index in [9.17, 15) is 9.59 Å². The first-order valence-electron chi connectivity index (χ1n) is 7.83. The fraction of sp³-hybridized carbons (Fsp3) is 0.278. The minimum Gasteiger partial charge on any atom is -0.450 e. The van der Waals surface area contributed by atoms with Gasteiger partial charge in [0, 0.05) is 18.1 Å². The largest absolute Gasteiger partial charge is 0.450 e. The van der Waals surface area contributed by atoms with E-state index < -0.39 is 6.09 Å². The van der Waals surface area contributed by atoms with Crippen LogP contribution in [0.1, 0.15) is 24.8 Å². The van der Waals surface area contributed by atoms with E-state index >= 15 is 0 Å². The summed E-state index contributed by atoms with van der Waals surface area (Å²) in [5, 5.41) is 2.58. The molecule has 1 fully saturated rings. The van der Waals surface area contributed by atoms with Gasteiger partial charge in [0.1, 0.15) is 5.75 Å². The number of anilines is 1. The third kappa shape index (κ3) is 3.90. The van der Waals surface area contributed by atoms with Gasteiger partial charge < -0.3 is 9.47 Å². The fourth-order valence-corrected chi connectivity index (χ4v) is 2.50. The van der Waals surface area contributed by atoms with Gasteiger partial charge in [-0.25, -0.2) is 4.79 Å². The number of hydrogen-bond acceptors (Lipinski definition) is 5. The summed E-state index contributed by atoms with van der Waals surface area (Å²) in [6.07, 6.45) is 3.77. The minimum absolute atomic E-state index is 0.119. The van der Waals surface area contributed by atoms with Crippen LogP contribution in [-0.2, 0) is 9.53 Å². The molecule has 0 aliphatic heterocycles. The number of ether oxygens (including phenoxy) is 2. The van der Waals surface area contributed by atoms with Crippen LogP contribution < -0.4 is 10.1 Å². The molecule has 6 nitrogen and oxygen atoms in total. The zero-order valence-corrected chi connectivity index (χ0v) is 13.3. The van der Waals surface area contributed by atoms with Crippen molar-refractivity contribution >= 4 is 17.7 Å². The lowest BCUT2D eigenvalue weighted by Crippen LogP contribution is -2.13. The molecule has 1 heterocycles. The Morgan fingerprint density at radius 3 is 2.71 bits per heavy atom. The van der Waals surface area contributed by atoms with Gasteiger partial charge in [-0.05, 0) is 55.2 Å². The molecule has 1 aromatic carbocycles. The van der Waals surface area contributed by atoms with Crippen molar-refractivity contribution < 1.29 is 19.1 Å². The molecule has 0 unspecified atom stereocenters. The topological polar surface area (TPSA) is 77.5 Å². The van der Waals surface area contributed by atoms with E-state index in [0.29, 0.717) is 18.0 Å². The Morgan fingerprint density at radius 2 is 2.04 bits per heavy atom. The van der Waals surface area contributed by atoms with Crippen molar-refractivity contribution in [3.05, 3.63) is 54.4 Å². The second kappa shape index (κ2) is 7.12. The highest BCUT2D eigenvalue weighted by Crippen LogP contribution is 2.47. The second-order valence-electron chi connectivity index (χ2n) is 5.53. The molecule has 0 bridgehead atoms. The molecule has 124 valence electrons. The highest BCUT2D eigenvalue weighted by molar-refractivity contribution is 5.85. The van der Waals surface area contributed by atoms with Crippen LogP contribution in [0.4, 0.5) is 10.5 Å². The van der Waals surface area contributed by atoms with Crippen LogP contribution in [0.3, 0.4) is 0 Å². The van der Waals surface area contributed by atoms with Crippen LogP contribution in [0.15, 0.2) is 48.8 Å². The molecule has 2 atom stereocenters. The molecule has 2 aromatic rings. The zero-order chi connectivity index (χ0) is 16.9. The van der Waals surface area contributed by atoms with Crippen molar-refractivity contribution in [3.63, 3.8) is 0 Å². The lowest BCUT2D eigenvalue weighted by atomic mass is 10.1. The van der Waals surface area contributed by atoms with Crippen molar-refractivity contribution in [2.75, 3.05) is 11.9 Å². The Bertz CT molecular complexity index is 716. The van der Waals surface area contributed by atoms with Gasteiger partial charge in [0.05, 0.1) is 12.5 Å². The van der Waals surface area contributed by atoms with Crippen LogP contribution >= 0.6 is 0 Å². The fourth-order valence-electron chi connectivity index (χ4n) is 2.50. The number of amides is 1. The van der Waals surface area contributed by atoms with Gasteiger partial charge in [0.25, 0.3) is 0 Å². The summed E-state index contributed by atoms with van der Waals surface area (Å²) in [6, 6.07) is 10.4. The van der Waals surface area contributed by atoms with E-state index in [-0.39, 0.29) is 17.8 Å². The molecule has 1 aliphatic carbocycles. The average molecular weight is 326 g/mol. The minimum atomic E-state index is -0.514. The Morgan fingerprint density at radius 1 is 1.25 bits per heavy atom. The van der Waals surface area contributed by atoms with Crippen LogP contribution in [0.25, 0.3) is 0 Å². The lowest BCUT2D eigenvalue weighted by Gasteiger charge is -2.07. The van der Waals surface area contributed by atoms with Crippen molar-refractivity contribution in [1.82, 2.24) is 4.98 Å². The number of nitrogens with zero attached hydrogens (tertiary/aromatic N) is 1. The molecule has 0 spiro atoms. The average Bonchev–Trinajstić information content (AvgIpc) is 3.38. The number of nitrogens with one attached hydrogen (secondary N) is 1. The van der Waals surface area contributed by atoms with Gasteiger partial charge in [0.2, 0.25) is 0 Å². The smallest absolute Gasteiger partial charge is 0.411 e. The molecular formula is C18H18N2O4. The number of carbonyl (C=O) groups is 2. The molecule has 1 saturated carbocycles. The quantitative estimate of drug-likeness (QED) is 0.673. The number of esters is 1. The molecule has 0 saturated heterocycles. The van der Waals surface area contributed by atoms with Gasteiger partial charge in [0.15, 0.2) is 0 Å². The van der Waals surface area contributed by atoms with Gasteiger partial charge in [-0.3, -0.25) is 15.1 Å². The Kier molecular flexibility index (Phi) is 4.74. The second-order valence-corrected chi connectivity index (χ2v) is 5.53. The number of benzene rings is 1. The summed E-state index contributed by atoms with van der Waals surface area (Å²) in [5.41, 5.74) is 1.64. The van der Waals surface area contributed by atoms with E-state index in [4.69, 9.17) is 9.47 Å². The molecule has 1 N–H and O–H groups in total. The van der Waals surface area contributed by atoms with Gasteiger partial charge in [-0.15, -0.1) is 0 Å². The highest BCUT2D eigenvalue weighted by Gasteiger charge is 2.45. The third-order valence-electron chi connectivity index (χ3n) is 3.80. The number of carbonyl (C=O) groups excluding carboxylic acids is 2. The normalized spacial score (nSPS) is 18.5. The molecule has 1 aliphatic rings. The van der Waals surface area contributed by atoms with Crippen LogP contribution in [-0.4, -0.2) is 23.7 Å². The number of pyridine rings is 1. The molecule has 24 heavy (non-hydrogen) atoms. The monoisotopic (exact) mass is 326 g/mol. The van der Waals surface area contributed by atoms with Crippen LogP contribution in [0.2, 0.25) is 0 Å². The van der Waals surface area contributed by atoms with Crippen molar-refractivity contribution in [2.24, 2.45) is 5.92 Å². The van der Waals surface area contributed by atoms with E-state index in [0.717, 1.165) is 12.0 Å². The molecule has 1 amide bonds. The number of rotatable bonds is 5. The maximum absolute atomic E-state index is 12.2. The highest BCUT2D eigenvalue weighted by atomic mass is 16.5. The number of aromatic nitrogens is 1. The molecule has 0 radical (unpaired) electrons. The Balaban J connectivity index is 1.53. The predicted octanol–water partition coefficient (Wildman–Crippen LogP) is 3.36. The van der Waals surface area contributed by atoms with Crippen LogP contribution in [0.5, 0.6) is 5.75 Å². The summed E-state index contributed by atoms with van der Waals surface area (Å²) in [4.78, 5) is 27.6. The first-order valence-corrected chi connectivity index (χ1v) is 7.83. The van der Waals surface area contributed by atoms with Gasteiger partial charge >= 0.3 is 12.1 Å². The molecule has 3 rings (SSSR count). The summed E-state index contributed by atoms with van der Waals surface area (Å²) in [7, 11) is 0. The van der Waals surface area contributed by atoms with Crippen molar-refractivity contribution in [1.29, 1.82) is 0 Å². The maximum atomic E-state index is 12.2.